The number of carbonyl (C=O) groups is 1. The van der Waals surface area contributed by atoms with Crippen molar-refractivity contribution in [2.24, 2.45) is 0 Å². The minimum absolute atomic E-state index is 0.216. The maximum atomic E-state index is 12.7. The molecule has 0 radical (unpaired) electrons. The standard InChI is InChI=1S/C23H32N2O5/c1-24(2)13-14-29-15-16-30-23(26)25(17-19-5-9-21(27-3)10-6-19)18-20-7-11-22(28-4)12-8-20/h5-12H,13-18H2,1-4H3. The predicted molar refractivity (Wildman–Crippen MR) is 116 cm³/mol. The highest BCUT2D eigenvalue weighted by Crippen LogP contribution is 2.17. The number of benzene rings is 2. The Morgan fingerprint density at radius 1 is 0.767 bits per heavy atom. The van der Waals surface area contributed by atoms with Crippen LogP contribution in [0.3, 0.4) is 0 Å². The van der Waals surface area contributed by atoms with E-state index < -0.39 is 0 Å². The van der Waals surface area contributed by atoms with Gasteiger partial charge in [0.2, 0.25) is 0 Å². The molecule has 2 aromatic carbocycles. The van der Waals surface area contributed by atoms with Gasteiger partial charge in [0.05, 0.1) is 27.4 Å². The van der Waals surface area contributed by atoms with Crippen LogP contribution in [0.1, 0.15) is 11.1 Å². The Morgan fingerprint density at radius 2 is 1.27 bits per heavy atom. The number of hydrogen-bond acceptors (Lipinski definition) is 6. The largest absolute Gasteiger partial charge is 0.497 e. The van der Waals surface area contributed by atoms with Crippen LogP contribution in [-0.4, -0.2) is 70.6 Å². The van der Waals surface area contributed by atoms with Crippen LogP contribution >= 0.6 is 0 Å². The van der Waals surface area contributed by atoms with Gasteiger partial charge in [-0.05, 0) is 49.5 Å². The third kappa shape index (κ3) is 8.31. The van der Waals surface area contributed by atoms with E-state index in [2.05, 4.69) is 0 Å². The highest BCUT2D eigenvalue weighted by Gasteiger charge is 2.16. The Kier molecular flexibility index (Phi) is 9.97. The predicted octanol–water partition coefficient (Wildman–Crippen LogP) is 3.42. The van der Waals surface area contributed by atoms with Crippen molar-refractivity contribution in [2.75, 3.05) is 54.7 Å². The Hall–Kier alpha value is -2.77. The van der Waals surface area contributed by atoms with Crippen molar-refractivity contribution < 1.29 is 23.7 Å². The van der Waals surface area contributed by atoms with Crippen LogP contribution < -0.4 is 9.47 Å². The molecule has 7 nitrogen and oxygen atoms in total. The summed E-state index contributed by atoms with van der Waals surface area (Å²) in [6.07, 6.45) is -0.377. The van der Waals surface area contributed by atoms with E-state index in [-0.39, 0.29) is 12.7 Å². The van der Waals surface area contributed by atoms with Crippen LogP contribution in [0.2, 0.25) is 0 Å². The third-order valence-corrected chi connectivity index (χ3v) is 4.46. The maximum absolute atomic E-state index is 12.7. The van der Waals surface area contributed by atoms with Gasteiger partial charge in [-0.2, -0.15) is 0 Å². The quantitative estimate of drug-likeness (QED) is 0.494. The second-order valence-electron chi connectivity index (χ2n) is 7.08. The zero-order valence-corrected chi connectivity index (χ0v) is 18.3. The van der Waals surface area contributed by atoms with E-state index in [1.54, 1.807) is 19.1 Å². The smallest absolute Gasteiger partial charge is 0.410 e. The van der Waals surface area contributed by atoms with Crippen molar-refractivity contribution in [2.45, 2.75) is 13.1 Å². The summed E-state index contributed by atoms with van der Waals surface area (Å²) in [5, 5.41) is 0. The fourth-order valence-electron chi connectivity index (χ4n) is 2.72. The molecule has 0 N–H and O–H groups in total. The van der Waals surface area contributed by atoms with Gasteiger partial charge in [-0.25, -0.2) is 4.79 Å². The normalized spacial score (nSPS) is 10.7. The highest BCUT2D eigenvalue weighted by molar-refractivity contribution is 5.67. The van der Waals surface area contributed by atoms with Crippen LogP contribution in [-0.2, 0) is 22.6 Å². The lowest BCUT2D eigenvalue weighted by molar-refractivity contribution is 0.0481. The first kappa shape index (κ1) is 23.5. The van der Waals surface area contributed by atoms with Gasteiger partial charge in [0.15, 0.2) is 0 Å². The summed E-state index contributed by atoms with van der Waals surface area (Å²) in [5.74, 6) is 1.55. The lowest BCUT2D eigenvalue weighted by Gasteiger charge is -2.23. The molecule has 30 heavy (non-hydrogen) atoms. The van der Waals surface area contributed by atoms with Gasteiger partial charge in [0, 0.05) is 19.6 Å². The van der Waals surface area contributed by atoms with Gasteiger partial charge in [-0.1, -0.05) is 24.3 Å². The van der Waals surface area contributed by atoms with Crippen LogP contribution in [0.25, 0.3) is 0 Å². The molecule has 2 aromatic rings. The number of rotatable bonds is 12. The molecule has 0 saturated carbocycles. The molecule has 0 heterocycles. The SMILES string of the molecule is COc1ccc(CN(Cc2ccc(OC)cc2)C(=O)OCCOCCN(C)C)cc1. The molecule has 7 heteroatoms. The van der Waals surface area contributed by atoms with Crippen LogP contribution in [0, 0.1) is 0 Å². The Labute approximate surface area is 179 Å². The van der Waals surface area contributed by atoms with Gasteiger partial charge in [-0.15, -0.1) is 0 Å². The minimum Gasteiger partial charge on any atom is -0.497 e. The summed E-state index contributed by atoms with van der Waals surface area (Å²) in [4.78, 5) is 16.4. The molecule has 0 atom stereocenters. The van der Waals surface area contributed by atoms with E-state index in [4.69, 9.17) is 18.9 Å². The Morgan fingerprint density at radius 3 is 1.70 bits per heavy atom. The number of nitrogens with zero attached hydrogens (tertiary/aromatic N) is 2. The van der Waals surface area contributed by atoms with Crippen LogP contribution in [0.15, 0.2) is 48.5 Å². The lowest BCUT2D eigenvalue weighted by atomic mass is 10.1. The second-order valence-corrected chi connectivity index (χ2v) is 7.08. The van der Waals surface area contributed by atoms with Crippen molar-refractivity contribution in [3.05, 3.63) is 59.7 Å². The minimum atomic E-state index is -0.377. The summed E-state index contributed by atoms with van der Waals surface area (Å²) >= 11 is 0. The molecule has 0 unspecified atom stereocenters. The molecule has 0 bridgehead atoms. The van der Waals surface area contributed by atoms with E-state index in [0.29, 0.717) is 26.3 Å². The fourth-order valence-corrected chi connectivity index (χ4v) is 2.72. The van der Waals surface area contributed by atoms with Gasteiger partial charge in [0.25, 0.3) is 0 Å². The van der Waals surface area contributed by atoms with E-state index in [1.807, 2.05) is 67.5 Å². The van der Waals surface area contributed by atoms with Crippen molar-refractivity contribution in [1.29, 1.82) is 0 Å². The van der Waals surface area contributed by atoms with Crippen molar-refractivity contribution >= 4 is 6.09 Å². The monoisotopic (exact) mass is 416 g/mol. The first-order valence-electron chi connectivity index (χ1n) is 9.92. The fraction of sp³-hybridized carbons (Fsp3) is 0.435. The Bertz CT molecular complexity index is 698. The van der Waals surface area contributed by atoms with Crippen LogP contribution in [0.4, 0.5) is 4.79 Å². The summed E-state index contributed by atoms with van der Waals surface area (Å²) in [6.45, 7) is 2.88. The maximum Gasteiger partial charge on any atom is 0.410 e. The van der Waals surface area contributed by atoms with Crippen molar-refractivity contribution in [3.8, 4) is 11.5 Å². The van der Waals surface area contributed by atoms with Gasteiger partial charge in [-0.3, -0.25) is 4.90 Å². The molecule has 0 saturated heterocycles. The molecular weight excluding hydrogens is 384 g/mol. The topological polar surface area (TPSA) is 60.5 Å². The first-order chi connectivity index (χ1) is 14.5. The van der Waals surface area contributed by atoms with Crippen LogP contribution in [0.5, 0.6) is 11.5 Å². The van der Waals surface area contributed by atoms with Crippen molar-refractivity contribution in [3.63, 3.8) is 0 Å². The number of carbonyl (C=O) groups excluding carboxylic acids is 1. The lowest BCUT2D eigenvalue weighted by Crippen LogP contribution is -2.31. The number of methoxy groups -OCH3 is 2. The zero-order chi connectivity index (χ0) is 21.8. The highest BCUT2D eigenvalue weighted by atomic mass is 16.6. The molecule has 1 amide bonds. The van der Waals surface area contributed by atoms with E-state index >= 15 is 0 Å². The summed E-state index contributed by atoms with van der Waals surface area (Å²) < 4.78 is 21.4. The van der Waals surface area contributed by atoms with Gasteiger partial charge < -0.3 is 23.8 Å². The zero-order valence-electron chi connectivity index (χ0n) is 18.3. The van der Waals surface area contributed by atoms with Crippen molar-refractivity contribution in [1.82, 2.24) is 9.80 Å². The van der Waals surface area contributed by atoms with E-state index in [1.165, 1.54) is 0 Å². The summed E-state index contributed by atoms with van der Waals surface area (Å²) in [5.41, 5.74) is 1.98. The molecule has 0 aliphatic carbocycles. The number of hydrogen-bond donors (Lipinski definition) is 0. The summed E-state index contributed by atoms with van der Waals surface area (Å²) in [6, 6.07) is 15.3. The third-order valence-electron chi connectivity index (χ3n) is 4.46. The number of likely N-dealkylation sites (N-methyl/N-ethyl adjacent to an activating group) is 1. The average molecular weight is 417 g/mol. The number of ether oxygens (including phenoxy) is 4. The molecule has 0 fully saturated rings. The molecule has 0 aliphatic rings. The average Bonchev–Trinajstić information content (AvgIpc) is 2.76. The second kappa shape index (κ2) is 12.7. The molecule has 0 aliphatic heterocycles. The molecular formula is C23H32N2O5. The molecule has 2 rings (SSSR count). The number of amides is 1. The molecule has 0 spiro atoms. The molecule has 164 valence electrons. The van der Waals surface area contributed by atoms with Gasteiger partial charge in [0.1, 0.15) is 18.1 Å². The van der Waals surface area contributed by atoms with Gasteiger partial charge >= 0.3 is 6.09 Å². The van der Waals surface area contributed by atoms with E-state index in [0.717, 1.165) is 29.2 Å². The molecule has 0 aromatic heterocycles. The van der Waals surface area contributed by atoms with E-state index in [9.17, 15) is 4.79 Å². The summed E-state index contributed by atoms with van der Waals surface area (Å²) in [7, 11) is 7.23. The Balaban J connectivity index is 1.96. The first-order valence-corrected chi connectivity index (χ1v) is 9.92.